The van der Waals surface area contributed by atoms with E-state index in [2.05, 4.69) is 129 Å². The second-order valence-electron chi connectivity index (χ2n) is 42.9. The molecule has 0 aliphatic carbocycles. The van der Waals surface area contributed by atoms with Crippen molar-refractivity contribution in [3.05, 3.63) is 86.5 Å². The molecule has 0 spiro atoms. The Labute approximate surface area is 844 Å². The van der Waals surface area contributed by atoms with Gasteiger partial charge in [0.1, 0.15) is 0 Å². The summed E-state index contributed by atoms with van der Waals surface area (Å²) >= 11 is 2.05. The van der Waals surface area contributed by atoms with Crippen LogP contribution >= 0.6 is 0 Å². The van der Waals surface area contributed by atoms with E-state index in [1.165, 1.54) is 659 Å². The van der Waals surface area contributed by atoms with Gasteiger partial charge in [-0.05, 0) is 115 Å². The fraction of sp³-hybridized carbons (Fsp3) is 0.862. The molecule has 0 aromatic heterocycles. The molecule has 0 N–H and O–H groups in total. The SMILES string of the molecule is CCCCCCCCCCCCCCCCCCCCCCC#CC(=C=[N+]=[N-])C(CCCCCCCC)=C(c1cc(CCCC)cc(CCCC)c1)c1cc(CCCCCCCC)cc(CCCCCCCC)c1.CCCCCCCCCCCCCCCCCCCCCCCCCCCC[CH2][Ni][CH2]CCCCCCCCCCCCCCCCCCCCCCCCCCCC. The Hall–Kier alpha value is -2.61. The Balaban J connectivity index is 0.00000137. The number of unbranched alkanes of at least 4 members (excludes halogenated alkanes) is 89. The molecule has 2 aromatic carbocycles. The number of nitrogens with zero attached hydrogens (tertiary/aromatic N) is 2. The van der Waals surface area contributed by atoms with Crippen molar-refractivity contribution in [1.82, 2.24) is 0 Å². The van der Waals surface area contributed by atoms with Crippen LogP contribution in [0.1, 0.15) is 718 Å². The molecule has 778 valence electrons. The molecular weight excluding hydrogens is 1650 g/mol. The first-order valence-corrected chi connectivity index (χ1v) is 63.3. The average Bonchev–Trinajstić information content (AvgIpc) is 0.784. The van der Waals surface area contributed by atoms with Gasteiger partial charge in [-0.1, -0.05) is 540 Å². The molecular formula is C130H238N2Ni. The van der Waals surface area contributed by atoms with Crippen LogP contribution in [0.4, 0.5) is 0 Å². The van der Waals surface area contributed by atoms with Gasteiger partial charge in [0, 0.05) is 6.42 Å². The predicted octanol–water partition coefficient (Wildman–Crippen LogP) is 46.8. The Morgan fingerprint density at radius 2 is 0.391 bits per heavy atom. The van der Waals surface area contributed by atoms with Gasteiger partial charge in [0.25, 0.3) is 0 Å². The number of benzene rings is 2. The molecule has 0 saturated carbocycles. The quantitative estimate of drug-likeness (QED) is 0.0120. The third-order valence-corrected chi connectivity index (χ3v) is 30.9. The third-order valence-electron chi connectivity index (χ3n) is 29.5. The molecule has 0 heterocycles. The molecule has 0 radical (unpaired) electrons. The zero-order valence-electron chi connectivity index (χ0n) is 92.2. The number of aryl methyl sites for hydroxylation is 4. The van der Waals surface area contributed by atoms with Gasteiger partial charge < -0.3 is 5.53 Å². The van der Waals surface area contributed by atoms with Crippen LogP contribution in [-0.2, 0) is 40.1 Å². The van der Waals surface area contributed by atoms with Crippen LogP contribution in [-0.4, -0.2) is 10.7 Å². The molecule has 0 atom stereocenters. The molecule has 2 nitrogen and oxygen atoms in total. The summed E-state index contributed by atoms with van der Waals surface area (Å²) in [5.74, 6) is 10.4. The average molecular weight is 1890 g/mol. The van der Waals surface area contributed by atoms with Gasteiger partial charge in [-0.25, -0.2) is 0 Å². The molecule has 2 aromatic rings. The topological polar surface area (TPSA) is 36.4 Å². The second kappa shape index (κ2) is 110. The minimum absolute atomic E-state index is 0.789. The van der Waals surface area contributed by atoms with E-state index in [1.54, 1.807) is 0 Å². The standard InChI is InChI=1S/C72H120N2.2C29H59.Ni/c1-7-13-19-23-27-28-29-30-31-32-33-34-35-36-37-38-39-40-41-42-45-49-55-68(63-74-73)71(56-50-46-26-22-16-10-4)72(69-59-64(51-17-11-5)57-65(60-69)52-18-12-6)70-61-66(53-47-43-24-20-14-8-2)58-67(62-70)54-48-44-25-21-15-9-3;2*1-3-5-7-9-11-13-15-17-19-21-23-25-27-29-28-26-24-22-20-18-16-14-12-10-8-6-4-2;/h57-62H,7-48,50-54,56H2,1-6H3;2*1,3-29H2,2H3;. The van der Waals surface area contributed by atoms with E-state index in [0.29, 0.717) is 0 Å². The molecule has 0 aliphatic rings. The van der Waals surface area contributed by atoms with E-state index < -0.39 is 0 Å². The third kappa shape index (κ3) is 90.4. The zero-order valence-corrected chi connectivity index (χ0v) is 93.2. The van der Waals surface area contributed by atoms with Crippen LogP contribution in [0.2, 0.25) is 10.8 Å². The molecule has 0 saturated heterocycles. The van der Waals surface area contributed by atoms with Crippen LogP contribution in [0.3, 0.4) is 0 Å². The van der Waals surface area contributed by atoms with Gasteiger partial charge in [0.2, 0.25) is 0 Å². The fourth-order valence-electron chi connectivity index (χ4n) is 20.6. The summed E-state index contributed by atoms with van der Waals surface area (Å²) in [7, 11) is 0. The van der Waals surface area contributed by atoms with Gasteiger partial charge in [0.05, 0.1) is 0 Å². The van der Waals surface area contributed by atoms with Gasteiger partial charge >= 0.3 is 172 Å². The summed E-state index contributed by atoms with van der Waals surface area (Å²) in [5, 5.41) is 2.87. The molecule has 133 heavy (non-hydrogen) atoms. The predicted molar refractivity (Wildman–Crippen MR) is 601 cm³/mol. The summed E-state index contributed by atoms with van der Waals surface area (Å²) in [5.41, 5.74) is 22.2. The van der Waals surface area contributed by atoms with Crippen molar-refractivity contribution in [3.8, 4) is 11.8 Å². The Morgan fingerprint density at radius 1 is 0.211 bits per heavy atom. The summed E-state index contributed by atoms with van der Waals surface area (Å²) in [6.45, 7) is 18.5. The van der Waals surface area contributed by atoms with E-state index in [1.807, 2.05) is 0 Å². The molecule has 0 amide bonds. The minimum Gasteiger partial charge on any atom is -0.0654 e. The molecule has 0 unspecified atom stereocenters. The Kier molecular flexibility index (Phi) is 106. The summed E-state index contributed by atoms with van der Waals surface area (Å²) < 4.78 is 0. The van der Waals surface area contributed by atoms with Crippen LogP contribution < -0.4 is 0 Å². The van der Waals surface area contributed by atoms with Crippen molar-refractivity contribution in [2.45, 2.75) is 721 Å². The van der Waals surface area contributed by atoms with Gasteiger partial charge in [-0.3, -0.25) is 0 Å². The number of hydrogen-bond donors (Lipinski definition) is 0. The minimum atomic E-state index is 0.789. The summed E-state index contributed by atoms with van der Waals surface area (Å²) in [6, 6.07) is 15.2. The van der Waals surface area contributed by atoms with Crippen molar-refractivity contribution >= 4 is 11.4 Å². The van der Waals surface area contributed by atoms with Crippen LogP contribution in [0.15, 0.2) is 47.5 Å². The fourth-order valence-corrected chi connectivity index (χ4v) is 21.8. The van der Waals surface area contributed by atoms with Gasteiger partial charge in [0.15, 0.2) is 5.57 Å². The van der Waals surface area contributed by atoms with Crippen molar-refractivity contribution in [1.29, 1.82) is 0 Å². The Bertz CT molecular complexity index is 2710. The summed E-state index contributed by atoms with van der Waals surface area (Å²) in [4.78, 5) is 3.67. The monoisotopic (exact) mass is 1890 g/mol. The zero-order chi connectivity index (χ0) is 95.5. The van der Waals surface area contributed by atoms with Crippen molar-refractivity contribution in [2.24, 2.45) is 0 Å². The normalized spacial score (nSPS) is 11.7. The summed E-state index contributed by atoms with van der Waals surface area (Å²) in [6.07, 6.45) is 142. The Morgan fingerprint density at radius 3 is 0.602 bits per heavy atom. The number of allylic oxidation sites excluding steroid dienone is 2. The second-order valence-corrected chi connectivity index (χ2v) is 44.4. The number of rotatable bonds is 106. The first kappa shape index (κ1) is 128. The van der Waals surface area contributed by atoms with E-state index in [9.17, 15) is 5.53 Å². The smallest absolute Gasteiger partial charge is 0.0654 e. The molecule has 0 aliphatic heterocycles. The van der Waals surface area contributed by atoms with E-state index in [0.717, 1.165) is 56.9 Å². The maximum absolute atomic E-state index is 10.4. The van der Waals surface area contributed by atoms with Gasteiger partial charge in [-0.15, -0.1) is 4.79 Å². The van der Waals surface area contributed by atoms with E-state index in [4.69, 9.17) is 0 Å². The van der Waals surface area contributed by atoms with E-state index in [-0.39, 0.29) is 0 Å². The maximum atomic E-state index is 10.4. The molecule has 0 fully saturated rings. The van der Waals surface area contributed by atoms with Crippen molar-refractivity contribution in [2.75, 3.05) is 0 Å². The van der Waals surface area contributed by atoms with Gasteiger partial charge in [-0.2, -0.15) is 0 Å². The molecule has 0 bridgehead atoms. The van der Waals surface area contributed by atoms with Crippen molar-refractivity contribution in [3.63, 3.8) is 0 Å². The van der Waals surface area contributed by atoms with Crippen molar-refractivity contribution < 1.29 is 19.2 Å². The molecule has 3 heteroatoms. The number of hydrogen-bond acceptors (Lipinski definition) is 0. The van der Waals surface area contributed by atoms with E-state index >= 15 is 0 Å². The van der Waals surface area contributed by atoms with Crippen LogP contribution in [0.5, 0.6) is 0 Å². The first-order chi connectivity index (χ1) is 66.0. The first-order valence-electron chi connectivity index (χ1n) is 61.9. The van der Waals surface area contributed by atoms with Crippen LogP contribution in [0.25, 0.3) is 11.1 Å². The molecule has 2 rings (SSSR count). The van der Waals surface area contributed by atoms with Crippen LogP contribution in [0, 0.1) is 11.8 Å².